The Morgan fingerprint density at radius 2 is 1.50 bits per heavy atom. The van der Waals surface area contributed by atoms with Gasteiger partial charge in [0.1, 0.15) is 5.52 Å². The van der Waals surface area contributed by atoms with Gasteiger partial charge in [-0.2, -0.15) is 0 Å². The van der Waals surface area contributed by atoms with Crippen molar-refractivity contribution in [2.24, 2.45) is 11.3 Å². The van der Waals surface area contributed by atoms with Gasteiger partial charge in [0.05, 0.1) is 28.9 Å². The van der Waals surface area contributed by atoms with E-state index in [-0.39, 0.29) is 53.5 Å². The van der Waals surface area contributed by atoms with Crippen LogP contribution in [0.2, 0.25) is 0 Å². The van der Waals surface area contributed by atoms with Crippen molar-refractivity contribution < 1.29 is 24.0 Å². The molecule has 392 valence electrons. The number of anilines is 3. The average Bonchev–Trinajstić information content (AvgIpc) is 4.11. The lowest BCUT2D eigenvalue weighted by atomic mass is 9.72. The van der Waals surface area contributed by atoms with Gasteiger partial charge in [0.2, 0.25) is 29.5 Å². The molecule has 1 atom stereocenters. The van der Waals surface area contributed by atoms with Gasteiger partial charge in [-0.1, -0.05) is 37.6 Å². The van der Waals surface area contributed by atoms with Crippen molar-refractivity contribution in [1.82, 2.24) is 34.6 Å². The Labute approximate surface area is 436 Å². The second-order valence-electron chi connectivity index (χ2n) is 24.1. The van der Waals surface area contributed by atoms with Crippen molar-refractivity contribution in [3.63, 3.8) is 0 Å². The second-order valence-corrected chi connectivity index (χ2v) is 24.1. The van der Waals surface area contributed by atoms with E-state index in [1.165, 1.54) is 19.3 Å². The van der Waals surface area contributed by atoms with Gasteiger partial charge in [-0.15, -0.1) is 0 Å². The number of hydrogen-bond acceptors (Lipinski definition) is 10. The summed E-state index contributed by atoms with van der Waals surface area (Å²) >= 11 is 0. The maximum Gasteiger partial charge on any atom is 0.238 e. The number of likely N-dealkylation sites (tertiary alicyclic amines) is 3. The number of benzene rings is 2. The summed E-state index contributed by atoms with van der Waals surface area (Å²) in [5.74, 6) is 0.725. The average molecular weight is 1010 g/mol. The normalized spacial score (nSPS) is 27.1. The first kappa shape index (κ1) is 49.1. The molecule has 74 heavy (non-hydrogen) atoms. The van der Waals surface area contributed by atoms with Gasteiger partial charge < -0.3 is 34.4 Å². The molecule has 2 aromatic heterocycles. The number of fused-ring (bicyclic) bond motifs is 3. The molecule has 4 saturated heterocycles. The fraction of sp³-hybridized carbons (Fsp3) is 0.610. The first-order valence-corrected chi connectivity index (χ1v) is 28.4. The number of imidazole rings is 1. The van der Waals surface area contributed by atoms with Gasteiger partial charge in [0.25, 0.3) is 0 Å². The molecule has 5 amide bonds. The minimum absolute atomic E-state index is 0.0118. The summed E-state index contributed by atoms with van der Waals surface area (Å²) in [6.45, 7) is 11.0. The van der Waals surface area contributed by atoms with Crippen LogP contribution in [-0.2, 0) is 29.4 Å². The number of nitrogens with one attached hydrogen (secondary N) is 2. The van der Waals surface area contributed by atoms with Crippen molar-refractivity contribution in [3.05, 3.63) is 66.0 Å². The van der Waals surface area contributed by atoms with E-state index in [1.54, 1.807) is 0 Å². The standard InChI is InChI=1S/C59H76N10O5/c1-37(2)68-36-60-49-35-48(62-53(52(49)68)61-41-13-14-41)40-12-20-47-50(32-40)69(45-33-44(34-45)65-26-6-5-7-27-65)57(74)59(47)24-30-67(31-25-59)56(73)58(3)22-28-66(29-23-58)55(72)39-10-17-43(18-11-39)64(4)42-15-8-38(9-16-42)46-19-21-51(70)63-54(46)71/h8-9,12,15-16,20,32,35-37,39,41,43-46H,5-7,10-11,13-14,17-19,21-31,33-34H2,1-4H3,(H,61,62)(H,63,70,71). The predicted molar refractivity (Wildman–Crippen MR) is 287 cm³/mol. The Balaban J connectivity index is 0.694. The van der Waals surface area contributed by atoms with Crippen LogP contribution >= 0.6 is 0 Å². The summed E-state index contributed by atoms with van der Waals surface area (Å²) in [6.07, 6.45) is 16.9. The van der Waals surface area contributed by atoms with Crippen LogP contribution in [0, 0.1) is 11.3 Å². The minimum Gasteiger partial charge on any atom is -0.372 e. The molecule has 8 aliphatic rings. The third kappa shape index (κ3) is 8.85. The highest BCUT2D eigenvalue weighted by atomic mass is 16.2. The number of pyridine rings is 1. The Morgan fingerprint density at radius 1 is 0.797 bits per heavy atom. The Hall–Kier alpha value is -5.83. The smallest absolute Gasteiger partial charge is 0.238 e. The highest BCUT2D eigenvalue weighted by Gasteiger charge is 2.57. The molecule has 15 nitrogen and oxygen atoms in total. The molecule has 0 bridgehead atoms. The van der Waals surface area contributed by atoms with Crippen molar-refractivity contribution >= 4 is 57.8 Å². The number of hydrogen-bond donors (Lipinski definition) is 2. The SMILES string of the molecule is CC(C)n1cnc2cc(-c3ccc4c(c3)N(C3CC(N5CCCCC5)C3)C(=O)C43CCN(C(=O)C4(C)CCN(C(=O)C5CCC(N(C)c6ccc(C7CCC(=O)NC7=O)cc6)CC5)CC4)CC3)nc(NC3CC3)c21. The molecule has 3 saturated carbocycles. The number of nitrogens with zero attached hydrogens (tertiary/aromatic N) is 8. The van der Waals surface area contributed by atoms with Gasteiger partial charge in [0, 0.05) is 98.1 Å². The zero-order valence-electron chi connectivity index (χ0n) is 44.1. The van der Waals surface area contributed by atoms with E-state index < -0.39 is 10.8 Å². The molecule has 0 radical (unpaired) electrons. The molecule has 7 fully saturated rings. The van der Waals surface area contributed by atoms with E-state index in [1.807, 2.05) is 28.3 Å². The number of amides is 5. The molecule has 2 N–H and O–H groups in total. The molecule has 4 aromatic rings. The van der Waals surface area contributed by atoms with Crippen molar-refractivity contribution in [2.75, 3.05) is 61.4 Å². The van der Waals surface area contributed by atoms with Crippen LogP contribution in [0.4, 0.5) is 17.2 Å². The number of carbonyl (C=O) groups excluding carboxylic acids is 5. The fourth-order valence-electron chi connectivity index (χ4n) is 14.1. The van der Waals surface area contributed by atoms with Crippen LogP contribution in [0.25, 0.3) is 22.3 Å². The Kier molecular flexibility index (Phi) is 12.9. The van der Waals surface area contributed by atoms with Gasteiger partial charge in [-0.05, 0) is 159 Å². The topological polar surface area (TPSA) is 156 Å². The molecule has 1 unspecified atom stereocenters. The molecular weight excluding hydrogens is 929 g/mol. The first-order valence-electron chi connectivity index (χ1n) is 28.4. The lowest BCUT2D eigenvalue weighted by Gasteiger charge is -2.48. The summed E-state index contributed by atoms with van der Waals surface area (Å²) in [6, 6.07) is 18.5. The molecule has 7 heterocycles. The predicted octanol–water partition coefficient (Wildman–Crippen LogP) is 8.32. The fourth-order valence-corrected chi connectivity index (χ4v) is 14.1. The van der Waals surface area contributed by atoms with Crippen molar-refractivity contribution in [1.29, 1.82) is 0 Å². The number of aromatic nitrogens is 3. The summed E-state index contributed by atoms with van der Waals surface area (Å²) < 4.78 is 2.20. The quantitative estimate of drug-likeness (QED) is 0.140. The van der Waals surface area contributed by atoms with Crippen LogP contribution in [0.3, 0.4) is 0 Å². The zero-order chi connectivity index (χ0) is 51.0. The number of imide groups is 1. The summed E-state index contributed by atoms with van der Waals surface area (Å²) in [7, 11) is 2.11. The van der Waals surface area contributed by atoms with E-state index in [2.05, 4.69) is 94.1 Å². The van der Waals surface area contributed by atoms with Gasteiger partial charge >= 0.3 is 0 Å². The van der Waals surface area contributed by atoms with E-state index in [0.717, 1.165) is 115 Å². The van der Waals surface area contributed by atoms with E-state index in [4.69, 9.17) is 9.97 Å². The van der Waals surface area contributed by atoms with E-state index in [9.17, 15) is 19.2 Å². The molecule has 1 spiro atoms. The van der Waals surface area contributed by atoms with E-state index in [0.29, 0.717) is 82.8 Å². The lowest BCUT2D eigenvalue weighted by molar-refractivity contribution is -0.150. The van der Waals surface area contributed by atoms with Gasteiger partial charge in [0.15, 0.2) is 5.82 Å². The number of piperidine rings is 4. The van der Waals surface area contributed by atoms with Crippen LogP contribution < -0.4 is 20.4 Å². The molecule has 12 rings (SSSR count). The molecule has 15 heteroatoms. The molecule has 3 aliphatic carbocycles. The van der Waals surface area contributed by atoms with Crippen LogP contribution in [0.1, 0.15) is 153 Å². The monoisotopic (exact) mass is 1000 g/mol. The highest BCUT2D eigenvalue weighted by Crippen LogP contribution is 2.53. The summed E-state index contributed by atoms with van der Waals surface area (Å²) in [4.78, 5) is 89.4. The Bertz CT molecular complexity index is 2820. The zero-order valence-corrected chi connectivity index (χ0v) is 44.1. The van der Waals surface area contributed by atoms with Gasteiger partial charge in [-0.3, -0.25) is 29.3 Å². The number of carbonyl (C=O) groups is 5. The van der Waals surface area contributed by atoms with Crippen LogP contribution in [0.5, 0.6) is 0 Å². The molecule has 5 aliphatic heterocycles. The first-order chi connectivity index (χ1) is 35.8. The maximum atomic E-state index is 15.3. The molecular formula is C59H76N10O5. The van der Waals surface area contributed by atoms with Crippen molar-refractivity contribution in [2.45, 2.75) is 171 Å². The lowest BCUT2D eigenvalue weighted by Crippen LogP contribution is -2.59. The van der Waals surface area contributed by atoms with Crippen molar-refractivity contribution in [3.8, 4) is 11.3 Å². The maximum absolute atomic E-state index is 15.3. The Morgan fingerprint density at radius 3 is 2.18 bits per heavy atom. The summed E-state index contributed by atoms with van der Waals surface area (Å²) in [5, 5.41) is 6.18. The number of rotatable bonds is 11. The summed E-state index contributed by atoms with van der Waals surface area (Å²) in [5.41, 5.74) is 6.69. The van der Waals surface area contributed by atoms with Gasteiger partial charge in [-0.25, -0.2) is 9.97 Å². The van der Waals surface area contributed by atoms with Crippen LogP contribution in [0.15, 0.2) is 54.9 Å². The third-order valence-corrected chi connectivity index (χ3v) is 19.2. The minimum atomic E-state index is -0.681. The highest BCUT2D eigenvalue weighted by molar-refractivity contribution is 6.09. The van der Waals surface area contributed by atoms with E-state index >= 15 is 4.79 Å². The second kappa shape index (κ2) is 19.4. The molecule has 2 aromatic carbocycles. The largest absolute Gasteiger partial charge is 0.372 e. The van der Waals surface area contributed by atoms with Crippen LogP contribution in [-0.4, -0.2) is 129 Å². The third-order valence-electron chi connectivity index (χ3n) is 19.2.